The van der Waals surface area contributed by atoms with Gasteiger partial charge in [-0.1, -0.05) is 12.2 Å². The Bertz CT molecular complexity index is 1060. The molecule has 0 aromatic carbocycles. The molecule has 0 bridgehead atoms. The van der Waals surface area contributed by atoms with Crippen LogP contribution in [0.4, 0.5) is 5.82 Å². The van der Waals surface area contributed by atoms with Crippen LogP contribution >= 0.6 is 11.3 Å². The predicted octanol–water partition coefficient (Wildman–Crippen LogP) is 2.53. The van der Waals surface area contributed by atoms with Crippen molar-refractivity contribution in [3.05, 3.63) is 67.5 Å². The molecule has 3 aromatic heterocycles. The second-order valence-corrected chi connectivity index (χ2v) is 6.99. The van der Waals surface area contributed by atoms with E-state index in [1.54, 1.807) is 28.0 Å². The summed E-state index contributed by atoms with van der Waals surface area (Å²) in [4.78, 5) is 30.3. The van der Waals surface area contributed by atoms with E-state index < -0.39 is 0 Å². The summed E-state index contributed by atoms with van der Waals surface area (Å²) in [6.45, 7) is 0.262. The number of aromatic nitrogens is 3. The Balaban J connectivity index is 2.01. The molecule has 6 nitrogen and oxygen atoms in total. The Hall–Kier alpha value is -2.67. The van der Waals surface area contributed by atoms with Gasteiger partial charge < -0.3 is 5.73 Å². The van der Waals surface area contributed by atoms with Crippen LogP contribution in [-0.2, 0) is 6.54 Å². The SMILES string of the molecule is Nc1ccc2c(=O)n(Cc3ccsc3)c(=O)n(C3C=CCCC3)c2n1. The first kappa shape index (κ1) is 15.8. The van der Waals surface area contributed by atoms with Crippen molar-refractivity contribution < 1.29 is 0 Å². The topological polar surface area (TPSA) is 82.9 Å². The summed E-state index contributed by atoms with van der Waals surface area (Å²) in [7, 11) is 0. The third-order valence-electron chi connectivity index (χ3n) is 4.52. The summed E-state index contributed by atoms with van der Waals surface area (Å²) in [5.41, 5.74) is 6.47. The highest BCUT2D eigenvalue weighted by Crippen LogP contribution is 2.23. The Morgan fingerprint density at radius 1 is 1.28 bits per heavy atom. The van der Waals surface area contributed by atoms with Gasteiger partial charge in [-0.25, -0.2) is 9.78 Å². The van der Waals surface area contributed by atoms with Gasteiger partial charge in [-0.3, -0.25) is 13.9 Å². The van der Waals surface area contributed by atoms with Gasteiger partial charge in [0.15, 0.2) is 5.65 Å². The van der Waals surface area contributed by atoms with Gasteiger partial charge in [0.1, 0.15) is 5.82 Å². The molecule has 25 heavy (non-hydrogen) atoms. The quantitative estimate of drug-likeness (QED) is 0.733. The molecule has 0 fully saturated rings. The molecule has 0 amide bonds. The molecule has 1 atom stereocenters. The Labute approximate surface area is 147 Å². The number of pyridine rings is 1. The summed E-state index contributed by atoms with van der Waals surface area (Å²) in [6.07, 6.45) is 6.95. The summed E-state index contributed by atoms with van der Waals surface area (Å²) < 4.78 is 2.92. The highest BCUT2D eigenvalue weighted by molar-refractivity contribution is 7.07. The minimum absolute atomic E-state index is 0.104. The van der Waals surface area contributed by atoms with E-state index in [1.165, 1.54) is 4.57 Å². The molecule has 1 unspecified atom stereocenters. The standard InChI is InChI=1S/C18H18N4O2S/c19-15-7-6-14-16(20-15)22(13-4-2-1-3-5-13)18(24)21(17(14)23)10-12-8-9-25-11-12/h2,4,6-9,11,13H,1,3,5,10H2,(H2,19,20). The number of hydrogen-bond acceptors (Lipinski definition) is 5. The third kappa shape index (κ3) is 2.80. The van der Waals surface area contributed by atoms with E-state index in [0.717, 1.165) is 24.8 Å². The van der Waals surface area contributed by atoms with Crippen molar-refractivity contribution in [3.8, 4) is 0 Å². The van der Waals surface area contributed by atoms with Crippen LogP contribution in [0.3, 0.4) is 0 Å². The maximum absolute atomic E-state index is 13.2. The number of fused-ring (bicyclic) bond motifs is 1. The number of nitrogens with two attached hydrogens (primary N) is 1. The van der Waals surface area contributed by atoms with Crippen molar-refractivity contribution in [3.63, 3.8) is 0 Å². The van der Waals surface area contributed by atoms with Crippen molar-refractivity contribution in [1.82, 2.24) is 14.1 Å². The minimum atomic E-state index is -0.335. The van der Waals surface area contributed by atoms with Gasteiger partial charge in [-0.2, -0.15) is 11.3 Å². The van der Waals surface area contributed by atoms with Crippen LogP contribution in [-0.4, -0.2) is 14.1 Å². The summed E-state index contributed by atoms with van der Waals surface area (Å²) >= 11 is 1.54. The van der Waals surface area contributed by atoms with E-state index in [1.807, 2.05) is 22.9 Å². The lowest BCUT2D eigenvalue weighted by Crippen LogP contribution is -2.42. The van der Waals surface area contributed by atoms with Crippen LogP contribution < -0.4 is 17.0 Å². The number of allylic oxidation sites excluding steroid dienone is 2. The van der Waals surface area contributed by atoms with E-state index in [-0.39, 0.29) is 23.8 Å². The first-order chi connectivity index (χ1) is 12.1. The van der Waals surface area contributed by atoms with Crippen LogP contribution in [0.5, 0.6) is 0 Å². The molecule has 1 aliphatic rings. The zero-order chi connectivity index (χ0) is 17.4. The molecule has 0 saturated carbocycles. The van der Waals surface area contributed by atoms with Crippen LogP contribution in [0.15, 0.2) is 50.7 Å². The Morgan fingerprint density at radius 2 is 2.16 bits per heavy atom. The zero-order valence-corrected chi connectivity index (χ0v) is 14.4. The van der Waals surface area contributed by atoms with E-state index in [2.05, 4.69) is 11.1 Å². The molecular weight excluding hydrogens is 336 g/mol. The first-order valence-corrected chi connectivity index (χ1v) is 9.19. The second-order valence-electron chi connectivity index (χ2n) is 6.21. The molecular formula is C18H18N4O2S. The van der Waals surface area contributed by atoms with Gasteiger partial charge >= 0.3 is 5.69 Å². The van der Waals surface area contributed by atoms with Gasteiger partial charge in [0.2, 0.25) is 0 Å². The van der Waals surface area contributed by atoms with E-state index in [0.29, 0.717) is 16.9 Å². The number of rotatable bonds is 3. The molecule has 2 N–H and O–H groups in total. The Kier molecular flexibility index (Phi) is 4.01. The molecule has 0 radical (unpaired) electrons. The van der Waals surface area contributed by atoms with Crippen LogP contribution in [0.25, 0.3) is 11.0 Å². The molecule has 3 heterocycles. The van der Waals surface area contributed by atoms with Gasteiger partial charge in [0.05, 0.1) is 18.0 Å². The molecule has 1 aliphatic carbocycles. The maximum Gasteiger partial charge on any atom is 0.333 e. The lowest BCUT2D eigenvalue weighted by Gasteiger charge is -2.22. The van der Waals surface area contributed by atoms with Crippen molar-refractivity contribution in [2.24, 2.45) is 0 Å². The van der Waals surface area contributed by atoms with Crippen LogP contribution in [0.1, 0.15) is 30.9 Å². The van der Waals surface area contributed by atoms with Gasteiger partial charge in [0, 0.05) is 0 Å². The largest absolute Gasteiger partial charge is 0.384 e. The number of hydrogen-bond donors (Lipinski definition) is 1. The highest BCUT2D eigenvalue weighted by Gasteiger charge is 2.21. The average Bonchev–Trinajstić information content (AvgIpc) is 3.13. The smallest absolute Gasteiger partial charge is 0.333 e. The lowest BCUT2D eigenvalue weighted by atomic mass is 10.0. The fraction of sp³-hybridized carbons (Fsp3) is 0.278. The predicted molar refractivity (Wildman–Crippen MR) is 100 cm³/mol. The van der Waals surface area contributed by atoms with Gasteiger partial charge in [-0.15, -0.1) is 0 Å². The number of nitrogens with zero attached hydrogens (tertiary/aromatic N) is 3. The first-order valence-electron chi connectivity index (χ1n) is 8.24. The summed E-state index contributed by atoms with van der Waals surface area (Å²) in [5.74, 6) is 0.301. The molecule has 3 aromatic rings. The summed E-state index contributed by atoms with van der Waals surface area (Å²) in [5, 5.41) is 4.30. The third-order valence-corrected chi connectivity index (χ3v) is 5.25. The maximum atomic E-state index is 13.2. The normalized spacial score (nSPS) is 17.2. The van der Waals surface area contributed by atoms with E-state index in [4.69, 9.17) is 5.73 Å². The van der Waals surface area contributed by atoms with Crippen molar-refractivity contribution in [2.75, 3.05) is 5.73 Å². The molecule has 0 saturated heterocycles. The molecule has 0 aliphatic heterocycles. The van der Waals surface area contributed by atoms with Crippen LogP contribution in [0, 0.1) is 0 Å². The molecule has 0 spiro atoms. The van der Waals surface area contributed by atoms with E-state index >= 15 is 0 Å². The lowest BCUT2D eigenvalue weighted by molar-refractivity contribution is 0.487. The average molecular weight is 354 g/mol. The van der Waals surface area contributed by atoms with Crippen molar-refractivity contribution >= 4 is 28.2 Å². The van der Waals surface area contributed by atoms with Crippen molar-refractivity contribution in [1.29, 1.82) is 0 Å². The highest BCUT2D eigenvalue weighted by atomic mass is 32.1. The molecule has 128 valence electrons. The van der Waals surface area contributed by atoms with Gasteiger partial charge in [-0.05, 0) is 53.8 Å². The minimum Gasteiger partial charge on any atom is -0.384 e. The fourth-order valence-corrected chi connectivity index (χ4v) is 3.94. The fourth-order valence-electron chi connectivity index (χ4n) is 3.28. The molecule has 7 heteroatoms. The van der Waals surface area contributed by atoms with Crippen LogP contribution in [0.2, 0.25) is 0 Å². The molecule has 4 rings (SSSR count). The second kappa shape index (κ2) is 6.33. The van der Waals surface area contributed by atoms with E-state index in [9.17, 15) is 9.59 Å². The number of anilines is 1. The zero-order valence-electron chi connectivity index (χ0n) is 13.6. The number of nitrogen functional groups attached to an aromatic ring is 1. The van der Waals surface area contributed by atoms with Gasteiger partial charge in [0.25, 0.3) is 5.56 Å². The monoisotopic (exact) mass is 354 g/mol. The van der Waals surface area contributed by atoms with Crippen molar-refractivity contribution in [2.45, 2.75) is 31.8 Å². The number of thiophene rings is 1. The summed E-state index contributed by atoms with van der Waals surface area (Å²) in [6, 6.07) is 5.08. The Morgan fingerprint density at radius 3 is 2.88 bits per heavy atom.